The molecule has 1 rings (SSSR count). The minimum atomic E-state index is -1.31. The average molecular weight is 278 g/mol. The van der Waals surface area contributed by atoms with Gasteiger partial charge in [-0.1, -0.05) is 0 Å². The maximum atomic E-state index is 2.63. The first-order chi connectivity index (χ1) is 7.64. The molecule has 1 heterocycles. The Labute approximate surface area is 107 Å². The molecule has 0 fully saturated rings. The summed E-state index contributed by atoms with van der Waals surface area (Å²) in [6.07, 6.45) is 0. The second-order valence-electron chi connectivity index (χ2n) is 5.35. The van der Waals surface area contributed by atoms with Gasteiger partial charge in [0, 0.05) is 19.4 Å². The van der Waals surface area contributed by atoms with Crippen molar-refractivity contribution >= 4 is 24.9 Å². The minimum Gasteiger partial charge on any atom is -0.275 e. The van der Waals surface area contributed by atoms with Crippen molar-refractivity contribution in [2.24, 2.45) is 0 Å². The van der Waals surface area contributed by atoms with Crippen molar-refractivity contribution in [2.45, 2.75) is 6.92 Å². The average Bonchev–Trinajstić information content (AvgIpc) is 2.14. The lowest BCUT2D eigenvalue weighted by molar-refractivity contribution is 0.570. The summed E-state index contributed by atoms with van der Waals surface area (Å²) in [5.41, 5.74) is 2.63. The van der Waals surface area contributed by atoms with E-state index in [4.69, 9.17) is 0 Å². The number of hydrogen-bond acceptors (Lipinski definition) is 4. The molecule has 0 unspecified atom stereocenters. The van der Waals surface area contributed by atoms with E-state index in [0.29, 0.717) is 0 Å². The van der Waals surface area contributed by atoms with Crippen LogP contribution in [0, 0.1) is 0 Å². The van der Waals surface area contributed by atoms with Crippen LogP contribution in [0.1, 0.15) is 6.92 Å². The molecule has 0 amide bonds. The molecule has 0 saturated carbocycles. The van der Waals surface area contributed by atoms with E-state index in [9.17, 15) is 0 Å². The molecule has 102 valence electrons. The molecule has 0 N–H and O–H groups in total. The van der Waals surface area contributed by atoms with Gasteiger partial charge in [-0.3, -0.25) is 18.7 Å². The van der Waals surface area contributed by atoms with Gasteiger partial charge < -0.3 is 0 Å². The highest BCUT2D eigenvalue weighted by molar-refractivity contribution is 8.20. The Kier molecular flexibility index (Phi) is 4.42. The second-order valence-corrected chi connectivity index (χ2v) is 13.8. The lowest BCUT2D eigenvalue weighted by Gasteiger charge is -2.55. The highest BCUT2D eigenvalue weighted by Gasteiger charge is 2.44. The molecule has 0 aromatic carbocycles. The largest absolute Gasteiger partial charge is 0.275 e. The minimum absolute atomic E-state index is 1.31. The standard InChI is InChI=1S/C11H28N4P2/c1-11-16(12(2)3,13(4)5)10-17(11,14(6)7)15(8)9/h10H,1-9H3. The molecule has 0 aromatic rings. The van der Waals surface area contributed by atoms with Crippen molar-refractivity contribution in [1.29, 1.82) is 0 Å². The Bertz CT molecular complexity index is 384. The summed E-state index contributed by atoms with van der Waals surface area (Å²) in [7, 11) is 15.0. The van der Waals surface area contributed by atoms with Crippen LogP contribution in [0.3, 0.4) is 0 Å². The van der Waals surface area contributed by atoms with Gasteiger partial charge in [-0.15, -0.1) is 0 Å². The molecule has 17 heavy (non-hydrogen) atoms. The topological polar surface area (TPSA) is 13.0 Å². The third-order valence-electron chi connectivity index (χ3n) is 3.71. The summed E-state index contributed by atoms with van der Waals surface area (Å²) in [5, 5.41) is 1.66. The maximum absolute atomic E-state index is 2.63. The second kappa shape index (κ2) is 4.85. The maximum Gasteiger partial charge on any atom is 0.0448 e. The van der Waals surface area contributed by atoms with Crippen LogP contribution in [0.15, 0.2) is 0 Å². The number of nitrogens with zero attached hydrogens (tertiary/aromatic N) is 4. The zero-order chi connectivity index (χ0) is 13.6. The lowest BCUT2D eigenvalue weighted by atomic mass is 11.0. The zero-order valence-electron chi connectivity index (χ0n) is 12.8. The van der Waals surface area contributed by atoms with E-state index in [1.807, 2.05) is 0 Å². The summed E-state index contributed by atoms with van der Waals surface area (Å²) in [4.78, 5) is 0. The smallest absolute Gasteiger partial charge is 0.0448 e. The molecular weight excluding hydrogens is 250 g/mol. The van der Waals surface area contributed by atoms with E-state index in [1.165, 1.54) is 0 Å². The van der Waals surface area contributed by atoms with E-state index in [0.717, 1.165) is 0 Å². The number of rotatable bonds is 4. The molecule has 6 heteroatoms. The molecule has 0 atom stereocenters. The van der Waals surface area contributed by atoms with Gasteiger partial charge in [0.25, 0.3) is 0 Å². The quantitative estimate of drug-likeness (QED) is 0.728. The fourth-order valence-electron chi connectivity index (χ4n) is 2.84. The predicted octanol–water partition coefficient (Wildman–Crippen LogP) is 1.85. The zero-order valence-corrected chi connectivity index (χ0v) is 14.5. The lowest BCUT2D eigenvalue weighted by Crippen LogP contribution is -2.39. The van der Waals surface area contributed by atoms with Crippen LogP contribution in [0.4, 0.5) is 0 Å². The van der Waals surface area contributed by atoms with Gasteiger partial charge in [-0.05, 0) is 68.8 Å². The fraction of sp³-hybridized carbons (Fsp3) is 0.818. The van der Waals surface area contributed by atoms with Crippen molar-refractivity contribution in [3.8, 4) is 0 Å². The van der Waals surface area contributed by atoms with Crippen molar-refractivity contribution in [3.63, 3.8) is 0 Å². The highest BCUT2D eigenvalue weighted by atomic mass is 31.2. The molecule has 0 spiro atoms. The van der Waals surface area contributed by atoms with Gasteiger partial charge in [-0.25, -0.2) is 0 Å². The Morgan fingerprint density at radius 2 is 1.06 bits per heavy atom. The first-order valence-corrected chi connectivity index (χ1v) is 9.37. The van der Waals surface area contributed by atoms with Crippen LogP contribution in [-0.2, 0) is 0 Å². The molecule has 1 aliphatic rings. The first kappa shape index (κ1) is 15.5. The van der Waals surface area contributed by atoms with Crippen molar-refractivity contribution < 1.29 is 0 Å². The summed E-state index contributed by atoms with van der Waals surface area (Å²) in [6.45, 7) is 2.35. The molecule has 0 bridgehead atoms. The van der Waals surface area contributed by atoms with E-state index in [1.54, 1.807) is 5.03 Å². The summed E-state index contributed by atoms with van der Waals surface area (Å²) in [5.74, 6) is 0. The van der Waals surface area contributed by atoms with Crippen LogP contribution in [0.5, 0.6) is 0 Å². The Morgan fingerprint density at radius 3 is 1.24 bits per heavy atom. The summed E-state index contributed by atoms with van der Waals surface area (Å²) in [6, 6.07) is 0. The Morgan fingerprint density at radius 1 is 0.706 bits per heavy atom. The third-order valence-corrected chi connectivity index (χ3v) is 14.8. The van der Waals surface area contributed by atoms with Gasteiger partial charge in [-0.2, -0.15) is 0 Å². The van der Waals surface area contributed by atoms with Gasteiger partial charge in [0.2, 0.25) is 0 Å². The number of hydrogen-bond donors (Lipinski definition) is 0. The monoisotopic (exact) mass is 278 g/mol. The SMILES string of the molecule is CC1=P(N(C)C)(N(C)C)C=P1(N(C)C)N(C)C. The van der Waals surface area contributed by atoms with Crippen molar-refractivity contribution in [1.82, 2.24) is 18.7 Å². The van der Waals surface area contributed by atoms with Gasteiger partial charge in [0.1, 0.15) is 0 Å². The van der Waals surface area contributed by atoms with E-state index < -0.39 is 14.4 Å². The highest BCUT2D eigenvalue weighted by Crippen LogP contribution is 2.75. The van der Waals surface area contributed by atoms with Crippen LogP contribution >= 0.6 is 14.4 Å². The van der Waals surface area contributed by atoms with Crippen LogP contribution < -0.4 is 0 Å². The molecule has 4 nitrogen and oxygen atoms in total. The normalized spacial score (nSPS) is 22.3. The molecular formula is C11H28N4P2. The van der Waals surface area contributed by atoms with Gasteiger partial charge >= 0.3 is 0 Å². The van der Waals surface area contributed by atoms with Crippen LogP contribution in [0.2, 0.25) is 0 Å². The fourth-order valence-corrected chi connectivity index (χ4v) is 16.5. The predicted molar refractivity (Wildman–Crippen MR) is 85.3 cm³/mol. The molecule has 0 saturated heterocycles. The summed E-state index contributed by atoms with van der Waals surface area (Å²) >= 11 is 0. The molecule has 0 aliphatic carbocycles. The van der Waals surface area contributed by atoms with Crippen LogP contribution in [0.25, 0.3) is 0 Å². The Balaban J connectivity index is 3.41. The first-order valence-electron chi connectivity index (χ1n) is 5.84. The van der Waals surface area contributed by atoms with Crippen molar-refractivity contribution in [2.75, 3.05) is 56.4 Å². The van der Waals surface area contributed by atoms with Gasteiger partial charge in [0.05, 0.1) is 0 Å². The van der Waals surface area contributed by atoms with E-state index >= 15 is 0 Å². The van der Waals surface area contributed by atoms with Gasteiger partial charge in [0.15, 0.2) is 0 Å². The van der Waals surface area contributed by atoms with Crippen molar-refractivity contribution in [3.05, 3.63) is 0 Å². The third kappa shape index (κ3) is 1.90. The summed E-state index contributed by atoms with van der Waals surface area (Å²) < 4.78 is 9.64. The Hall–Kier alpha value is 0.440. The molecule has 0 radical (unpaired) electrons. The van der Waals surface area contributed by atoms with E-state index in [2.05, 4.69) is 87.5 Å². The van der Waals surface area contributed by atoms with Crippen LogP contribution in [-0.4, -0.2) is 85.6 Å². The molecule has 1 aliphatic heterocycles. The molecule has 0 aromatic heterocycles. The van der Waals surface area contributed by atoms with E-state index in [-0.39, 0.29) is 0 Å².